The lowest BCUT2D eigenvalue weighted by molar-refractivity contribution is 0.102. The van der Waals surface area contributed by atoms with Crippen molar-refractivity contribution in [2.75, 3.05) is 25.1 Å². The Morgan fingerprint density at radius 1 is 1.12 bits per heavy atom. The first-order valence-electron chi connectivity index (χ1n) is 11.4. The summed E-state index contributed by atoms with van der Waals surface area (Å²) >= 11 is 0. The summed E-state index contributed by atoms with van der Waals surface area (Å²) in [7, 11) is 0. The lowest BCUT2D eigenvalue weighted by Gasteiger charge is -2.19. The Balaban J connectivity index is 1.61. The molecule has 0 bridgehead atoms. The first kappa shape index (κ1) is 21.8. The van der Waals surface area contributed by atoms with Gasteiger partial charge in [-0.3, -0.25) is 4.79 Å². The minimum absolute atomic E-state index is 0.0788. The molecular formula is C26H26N4O4. The molecule has 1 amide bonds. The zero-order valence-corrected chi connectivity index (χ0v) is 19.4. The zero-order valence-electron chi connectivity index (χ0n) is 19.4. The summed E-state index contributed by atoms with van der Waals surface area (Å²) in [6, 6.07) is 14.9. The molecule has 0 aliphatic carbocycles. The molecule has 2 aromatic heterocycles. The van der Waals surface area contributed by atoms with Crippen LogP contribution in [0.2, 0.25) is 0 Å². The van der Waals surface area contributed by atoms with Crippen LogP contribution in [0.15, 0.2) is 54.7 Å². The molecule has 5 rings (SSSR count). The Kier molecular flexibility index (Phi) is 5.79. The fourth-order valence-corrected chi connectivity index (χ4v) is 3.98. The van der Waals surface area contributed by atoms with Crippen molar-refractivity contribution in [3.8, 4) is 28.5 Å². The van der Waals surface area contributed by atoms with Gasteiger partial charge in [-0.25, -0.2) is 9.67 Å². The van der Waals surface area contributed by atoms with E-state index in [2.05, 4.69) is 10.4 Å². The second-order valence-electron chi connectivity index (χ2n) is 8.22. The number of rotatable bonds is 6. The van der Waals surface area contributed by atoms with Crippen LogP contribution in [0.25, 0.3) is 22.3 Å². The molecule has 0 fully saturated rings. The number of hydrogen-bond donors (Lipinski definition) is 1. The van der Waals surface area contributed by atoms with E-state index in [0.717, 1.165) is 5.56 Å². The summed E-state index contributed by atoms with van der Waals surface area (Å²) in [5.74, 6) is 1.73. The summed E-state index contributed by atoms with van der Waals surface area (Å²) in [5.41, 5.74) is 3.21. The number of carbonyl (C=O) groups is 1. The molecule has 0 spiro atoms. The van der Waals surface area contributed by atoms with E-state index in [4.69, 9.17) is 19.2 Å². The van der Waals surface area contributed by atoms with Crippen molar-refractivity contribution in [2.24, 2.45) is 0 Å². The number of hydrogen-bond acceptors (Lipinski definition) is 6. The molecule has 2 aromatic carbocycles. The molecule has 3 heterocycles. The largest absolute Gasteiger partial charge is 0.492 e. The van der Waals surface area contributed by atoms with Gasteiger partial charge in [0.05, 0.1) is 35.1 Å². The van der Waals surface area contributed by atoms with Crippen LogP contribution in [0, 0.1) is 0 Å². The predicted molar refractivity (Wildman–Crippen MR) is 130 cm³/mol. The van der Waals surface area contributed by atoms with Crippen LogP contribution in [0.3, 0.4) is 0 Å². The molecular weight excluding hydrogens is 432 g/mol. The van der Waals surface area contributed by atoms with E-state index in [1.165, 1.54) is 0 Å². The second-order valence-corrected chi connectivity index (χ2v) is 8.22. The van der Waals surface area contributed by atoms with Gasteiger partial charge in [-0.05, 0) is 57.2 Å². The number of benzene rings is 2. The number of fused-ring (bicyclic) bond motifs is 2. The van der Waals surface area contributed by atoms with Crippen LogP contribution in [-0.2, 0) is 0 Å². The van der Waals surface area contributed by atoms with Crippen molar-refractivity contribution in [1.82, 2.24) is 14.8 Å². The molecule has 174 valence electrons. The summed E-state index contributed by atoms with van der Waals surface area (Å²) in [5, 5.41) is 8.18. The lowest BCUT2D eigenvalue weighted by atomic mass is 10.1. The molecule has 34 heavy (non-hydrogen) atoms. The number of carbonyl (C=O) groups excluding carboxylic acids is 1. The fraction of sp³-hybridized carbons (Fsp3) is 0.269. The van der Waals surface area contributed by atoms with Crippen molar-refractivity contribution in [3.05, 3.63) is 60.3 Å². The Labute approximate surface area is 197 Å². The Morgan fingerprint density at radius 3 is 2.71 bits per heavy atom. The van der Waals surface area contributed by atoms with Gasteiger partial charge in [0.15, 0.2) is 17.1 Å². The summed E-state index contributed by atoms with van der Waals surface area (Å²) in [6.07, 6.45) is 1.69. The Bertz CT molecular complexity index is 1360. The minimum Gasteiger partial charge on any atom is -0.492 e. The molecule has 1 N–H and O–H groups in total. The third kappa shape index (κ3) is 4.03. The van der Waals surface area contributed by atoms with Crippen LogP contribution in [0.5, 0.6) is 17.2 Å². The van der Waals surface area contributed by atoms with Gasteiger partial charge in [0, 0.05) is 11.6 Å². The molecule has 0 unspecified atom stereocenters. The van der Waals surface area contributed by atoms with Gasteiger partial charge in [0.25, 0.3) is 5.91 Å². The van der Waals surface area contributed by atoms with Crippen molar-refractivity contribution in [1.29, 1.82) is 0 Å². The number of pyridine rings is 1. The predicted octanol–water partition coefficient (Wildman–Crippen LogP) is 5.10. The fourth-order valence-electron chi connectivity index (χ4n) is 3.98. The molecule has 8 heteroatoms. The monoisotopic (exact) mass is 458 g/mol. The normalized spacial score (nSPS) is 12.7. The number of aromatic nitrogens is 3. The topological polar surface area (TPSA) is 87.5 Å². The Morgan fingerprint density at radius 2 is 1.91 bits per heavy atom. The average Bonchev–Trinajstić information content (AvgIpc) is 3.29. The smallest absolute Gasteiger partial charge is 0.256 e. The molecule has 4 aromatic rings. The maximum absolute atomic E-state index is 13.5. The number of amides is 1. The summed E-state index contributed by atoms with van der Waals surface area (Å²) in [4.78, 5) is 18.4. The van der Waals surface area contributed by atoms with E-state index < -0.39 is 0 Å². The number of anilines is 1. The van der Waals surface area contributed by atoms with E-state index >= 15 is 0 Å². The first-order chi connectivity index (χ1) is 16.5. The van der Waals surface area contributed by atoms with E-state index in [0.29, 0.717) is 65.0 Å². The van der Waals surface area contributed by atoms with E-state index in [1.54, 1.807) is 12.3 Å². The van der Waals surface area contributed by atoms with Crippen LogP contribution in [-0.4, -0.2) is 40.5 Å². The van der Waals surface area contributed by atoms with Gasteiger partial charge >= 0.3 is 0 Å². The van der Waals surface area contributed by atoms with Gasteiger partial charge in [-0.15, -0.1) is 0 Å². The third-order valence-electron chi connectivity index (χ3n) is 5.57. The van der Waals surface area contributed by atoms with Gasteiger partial charge < -0.3 is 19.5 Å². The maximum atomic E-state index is 13.5. The number of para-hydroxylation sites is 2. The first-order valence-corrected chi connectivity index (χ1v) is 11.4. The van der Waals surface area contributed by atoms with Crippen molar-refractivity contribution in [2.45, 2.75) is 26.8 Å². The van der Waals surface area contributed by atoms with Crippen molar-refractivity contribution < 1.29 is 19.0 Å². The molecule has 0 saturated heterocycles. The van der Waals surface area contributed by atoms with Crippen LogP contribution in [0.4, 0.5) is 5.69 Å². The minimum atomic E-state index is -0.262. The molecule has 8 nitrogen and oxygen atoms in total. The van der Waals surface area contributed by atoms with Gasteiger partial charge in [-0.2, -0.15) is 5.10 Å². The number of nitrogens with one attached hydrogen (secondary N) is 1. The lowest BCUT2D eigenvalue weighted by Crippen LogP contribution is -2.15. The van der Waals surface area contributed by atoms with E-state index in [-0.39, 0.29) is 11.9 Å². The third-order valence-corrected chi connectivity index (χ3v) is 5.57. The van der Waals surface area contributed by atoms with E-state index in [1.807, 2.05) is 67.9 Å². The van der Waals surface area contributed by atoms with Crippen molar-refractivity contribution >= 4 is 22.6 Å². The van der Waals surface area contributed by atoms with Crippen LogP contribution >= 0.6 is 0 Å². The highest BCUT2D eigenvalue weighted by Gasteiger charge is 2.21. The van der Waals surface area contributed by atoms with Crippen LogP contribution < -0.4 is 19.5 Å². The molecule has 0 radical (unpaired) electrons. The summed E-state index contributed by atoms with van der Waals surface area (Å²) in [6.45, 7) is 7.49. The Hall–Kier alpha value is -4.07. The molecule has 1 aliphatic heterocycles. The highest BCUT2D eigenvalue weighted by molar-refractivity contribution is 6.13. The molecule has 0 saturated carbocycles. The molecule has 1 aliphatic rings. The highest BCUT2D eigenvalue weighted by Crippen LogP contribution is 2.35. The quantitative estimate of drug-likeness (QED) is 0.432. The van der Waals surface area contributed by atoms with Crippen LogP contribution in [0.1, 0.15) is 37.2 Å². The van der Waals surface area contributed by atoms with Crippen molar-refractivity contribution in [3.63, 3.8) is 0 Å². The SMILES string of the molecule is CCOc1ccccc1NC(=O)c1cc(-c2ccc3c(c2)OCCO3)nc2c1cnn2C(C)C. The number of ether oxygens (including phenoxy) is 3. The highest BCUT2D eigenvalue weighted by atomic mass is 16.6. The average molecular weight is 459 g/mol. The van der Waals surface area contributed by atoms with Gasteiger partial charge in [0.1, 0.15) is 19.0 Å². The van der Waals surface area contributed by atoms with Gasteiger partial charge in [-0.1, -0.05) is 12.1 Å². The summed E-state index contributed by atoms with van der Waals surface area (Å²) < 4.78 is 18.9. The second kappa shape index (κ2) is 9.05. The maximum Gasteiger partial charge on any atom is 0.256 e. The zero-order chi connectivity index (χ0) is 23.7. The number of nitrogens with zero attached hydrogens (tertiary/aromatic N) is 3. The molecule has 0 atom stereocenters. The van der Waals surface area contributed by atoms with Gasteiger partial charge in [0.2, 0.25) is 0 Å². The standard InChI is InChI=1S/C26H26N4O4/c1-4-32-22-8-6-5-7-20(22)29-26(31)18-14-21(28-25-19(18)15-27-30(25)16(2)3)17-9-10-23-24(13-17)34-12-11-33-23/h5-10,13-16H,4,11-12H2,1-3H3,(H,29,31). The van der Waals surface area contributed by atoms with E-state index in [9.17, 15) is 4.79 Å².